The van der Waals surface area contributed by atoms with Crippen molar-refractivity contribution in [3.8, 4) is 0 Å². The molecule has 3 aromatic rings. The Labute approximate surface area is 99.1 Å². The SMILES string of the molecule is Cc1nc2c(c(=O)[nH]1)c(=O)[nH]c1sc(C)cc12. The monoisotopic (exact) mass is 247 g/mol. The van der Waals surface area contributed by atoms with Gasteiger partial charge in [-0.1, -0.05) is 0 Å². The summed E-state index contributed by atoms with van der Waals surface area (Å²) in [5.41, 5.74) is -0.294. The predicted molar refractivity (Wildman–Crippen MR) is 67.8 cm³/mol. The van der Waals surface area contributed by atoms with Crippen LogP contribution in [0.3, 0.4) is 0 Å². The van der Waals surface area contributed by atoms with Gasteiger partial charge in [0.05, 0.1) is 5.52 Å². The summed E-state index contributed by atoms with van der Waals surface area (Å²) in [5, 5.41) is 0.928. The molecule has 3 aromatic heterocycles. The number of hydrogen-bond acceptors (Lipinski definition) is 4. The van der Waals surface area contributed by atoms with Crippen LogP contribution in [-0.2, 0) is 0 Å². The average molecular weight is 247 g/mol. The summed E-state index contributed by atoms with van der Waals surface area (Å²) in [6.45, 7) is 3.65. The quantitative estimate of drug-likeness (QED) is 0.631. The van der Waals surface area contributed by atoms with E-state index in [2.05, 4.69) is 15.0 Å². The second-order valence-corrected chi connectivity index (χ2v) is 5.19. The molecular formula is C11H9N3O2S. The van der Waals surface area contributed by atoms with E-state index in [0.717, 1.165) is 15.1 Å². The highest BCUT2D eigenvalue weighted by atomic mass is 32.1. The van der Waals surface area contributed by atoms with Gasteiger partial charge in [0, 0.05) is 10.3 Å². The number of rotatable bonds is 0. The predicted octanol–water partition coefficient (Wildman–Crippen LogP) is 1.44. The fourth-order valence-corrected chi connectivity index (χ4v) is 2.85. The maximum atomic E-state index is 11.8. The Balaban J connectivity index is 2.74. The van der Waals surface area contributed by atoms with Gasteiger partial charge >= 0.3 is 0 Å². The van der Waals surface area contributed by atoms with E-state index in [1.807, 2.05) is 13.0 Å². The van der Waals surface area contributed by atoms with Gasteiger partial charge < -0.3 is 9.97 Å². The standard InChI is InChI=1S/C11H9N3O2S/c1-4-3-6-8-7(9(15)13-5(2)12-8)10(16)14-11(6)17-4/h3H,1-2H3,(H,14,16)(H,12,13,15). The topological polar surface area (TPSA) is 78.6 Å². The van der Waals surface area contributed by atoms with Crippen molar-refractivity contribution >= 4 is 32.5 Å². The van der Waals surface area contributed by atoms with Crippen molar-refractivity contribution in [1.82, 2.24) is 15.0 Å². The normalized spacial score (nSPS) is 11.4. The number of H-pyrrole nitrogens is 2. The van der Waals surface area contributed by atoms with Crippen molar-refractivity contribution in [2.24, 2.45) is 0 Å². The number of nitrogens with one attached hydrogen (secondary N) is 2. The van der Waals surface area contributed by atoms with Crippen molar-refractivity contribution in [3.63, 3.8) is 0 Å². The Bertz CT molecular complexity index is 857. The molecule has 0 saturated heterocycles. The van der Waals surface area contributed by atoms with E-state index in [9.17, 15) is 9.59 Å². The lowest BCUT2D eigenvalue weighted by molar-refractivity contribution is 1.06. The molecule has 5 nitrogen and oxygen atoms in total. The minimum atomic E-state index is -0.389. The van der Waals surface area contributed by atoms with Gasteiger partial charge in [0.1, 0.15) is 16.0 Å². The molecule has 0 spiro atoms. The van der Waals surface area contributed by atoms with Crippen LogP contribution >= 0.6 is 11.3 Å². The van der Waals surface area contributed by atoms with Crippen LogP contribution in [0, 0.1) is 13.8 Å². The molecule has 0 fully saturated rings. The zero-order valence-corrected chi connectivity index (χ0v) is 10.1. The second-order valence-electron chi connectivity index (χ2n) is 3.93. The number of pyridine rings is 1. The smallest absolute Gasteiger partial charge is 0.264 e. The number of hydrogen-bond donors (Lipinski definition) is 2. The Kier molecular flexibility index (Phi) is 1.97. The van der Waals surface area contributed by atoms with Crippen molar-refractivity contribution in [2.75, 3.05) is 0 Å². The summed E-state index contributed by atoms with van der Waals surface area (Å²) in [5.74, 6) is 0.512. The molecule has 86 valence electrons. The minimum Gasteiger partial charge on any atom is -0.313 e. The third-order valence-corrected chi connectivity index (χ3v) is 3.57. The fourth-order valence-electron chi connectivity index (χ4n) is 1.94. The first-order valence-electron chi connectivity index (χ1n) is 5.09. The third-order valence-electron chi connectivity index (χ3n) is 2.60. The molecule has 0 aliphatic carbocycles. The summed E-state index contributed by atoms with van der Waals surface area (Å²) < 4.78 is 0. The van der Waals surface area contributed by atoms with Crippen molar-refractivity contribution in [1.29, 1.82) is 0 Å². The molecule has 0 atom stereocenters. The molecule has 3 heterocycles. The Hall–Kier alpha value is -1.95. The van der Waals surface area contributed by atoms with Gasteiger partial charge in [-0.05, 0) is 19.9 Å². The van der Waals surface area contributed by atoms with E-state index in [0.29, 0.717) is 11.3 Å². The van der Waals surface area contributed by atoms with E-state index in [1.165, 1.54) is 11.3 Å². The van der Waals surface area contributed by atoms with Crippen molar-refractivity contribution in [2.45, 2.75) is 13.8 Å². The van der Waals surface area contributed by atoms with Crippen LogP contribution in [0.1, 0.15) is 10.7 Å². The summed E-state index contributed by atoms with van der Waals surface area (Å²) in [6, 6.07) is 1.93. The molecule has 3 rings (SSSR count). The zero-order valence-electron chi connectivity index (χ0n) is 9.25. The summed E-state index contributed by atoms with van der Waals surface area (Å²) in [7, 11) is 0. The number of thiophene rings is 1. The van der Waals surface area contributed by atoms with Crippen LogP contribution in [-0.4, -0.2) is 15.0 Å². The van der Waals surface area contributed by atoms with Gasteiger partial charge in [-0.25, -0.2) is 4.98 Å². The molecule has 0 aliphatic heterocycles. The average Bonchev–Trinajstić information content (AvgIpc) is 2.57. The molecule has 0 unspecified atom stereocenters. The molecule has 0 radical (unpaired) electrons. The Morgan fingerprint density at radius 3 is 2.65 bits per heavy atom. The van der Waals surface area contributed by atoms with E-state index >= 15 is 0 Å². The van der Waals surface area contributed by atoms with Gasteiger partial charge in [0.2, 0.25) is 0 Å². The molecule has 0 saturated carbocycles. The van der Waals surface area contributed by atoms with Crippen LogP contribution in [0.4, 0.5) is 0 Å². The molecule has 2 N–H and O–H groups in total. The molecule has 0 aliphatic rings. The first kappa shape index (κ1) is 10.2. The third kappa shape index (κ3) is 1.41. The van der Waals surface area contributed by atoms with E-state index in [1.54, 1.807) is 6.92 Å². The first-order valence-corrected chi connectivity index (χ1v) is 5.91. The Morgan fingerprint density at radius 1 is 1.18 bits per heavy atom. The van der Waals surface area contributed by atoms with E-state index in [4.69, 9.17) is 0 Å². The molecule has 6 heteroatoms. The number of fused-ring (bicyclic) bond motifs is 3. The minimum absolute atomic E-state index is 0.0981. The summed E-state index contributed by atoms with van der Waals surface area (Å²) in [4.78, 5) is 34.9. The number of aromatic nitrogens is 3. The van der Waals surface area contributed by atoms with Gasteiger partial charge in [0.25, 0.3) is 11.1 Å². The second kappa shape index (κ2) is 3.27. The lowest BCUT2D eigenvalue weighted by atomic mass is 10.2. The van der Waals surface area contributed by atoms with Crippen LogP contribution < -0.4 is 11.1 Å². The zero-order chi connectivity index (χ0) is 12.2. The molecule has 0 amide bonds. The van der Waals surface area contributed by atoms with E-state index < -0.39 is 0 Å². The van der Waals surface area contributed by atoms with Crippen molar-refractivity contribution < 1.29 is 0 Å². The van der Waals surface area contributed by atoms with Crippen LogP contribution in [0.15, 0.2) is 15.7 Å². The van der Waals surface area contributed by atoms with E-state index in [-0.39, 0.29) is 16.5 Å². The van der Waals surface area contributed by atoms with Crippen LogP contribution in [0.5, 0.6) is 0 Å². The maximum Gasteiger partial charge on any atom is 0.264 e. The highest BCUT2D eigenvalue weighted by Gasteiger charge is 2.12. The first-order chi connectivity index (χ1) is 8.06. The molecule has 17 heavy (non-hydrogen) atoms. The number of aromatic amines is 2. The highest BCUT2D eigenvalue weighted by Crippen LogP contribution is 2.25. The maximum absolute atomic E-state index is 11.8. The lowest BCUT2D eigenvalue weighted by Crippen LogP contribution is -2.19. The molecular weight excluding hydrogens is 238 g/mol. The van der Waals surface area contributed by atoms with Crippen LogP contribution in [0.2, 0.25) is 0 Å². The van der Waals surface area contributed by atoms with Crippen LogP contribution in [0.25, 0.3) is 21.1 Å². The molecule has 0 aromatic carbocycles. The fraction of sp³-hybridized carbons (Fsp3) is 0.182. The molecule has 0 bridgehead atoms. The van der Waals surface area contributed by atoms with Crippen molar-refractivity contribution in [3.05, 3.63) is 37.5 Å². The number of nitrogens with zero attached hydrogens (tertiary/aromatic N) is 1. The summed E-state index contributed by atoms with van der Waals surface area (Å²) >= 11 is 1.49. The van der Waals surface area contributed by atoms with Gasteiger partial charge in [0.15, 0.2) is 0 Å². The lowest BCUT2D eigenvalue weighted by Gasteiger charge is -1.99. The highest BCUT2D eigenvalue weighted by molar-refractivity contribution is 7.18. The van der Waals surface area contributed by atoms with Gasteiger partial charge in [-0.15, -0.1) is 11.3 Å². The Morgan fingerprint density at radius 2 is 1.88 bits per heavy atom. The van der Waals surface area contributed by atoms with Gasteiger partial charge in [-0.2, -0.15) is 0 Å². The number of aryl methyl sites for hydroxylation is 2. The van der Waals surface area contributed by atoms with Gasteiger partial charge in [-0.3, -0.25) is 9.59 Å². The summed E-state index contributed by atoms with van der Waals surface area (Å²) in [6.07, 6.45) is 0. The largest absolute Gasteiger partial charge is 0.313 e.